The largest absolute Gasteiger partial charge is 0.490 e. The number of benzene rings is 4. The Hall–Kier alpha value is -3.34. The second kappa shape index (κ2) is 12.0. The molecule has 0 radical (unpaired) electrons. The second-order valence-corrected chi connectivity index (χ2v) is 10.2. The minimum Gasteiger partial charge on any atom is -0.490 e. The standard InChI is InChI=1S/C33H35NO3.ClH/c1-21-17-18-26(22(2)32(21)33(35)36)30-20-25(37-31-16-7-6-14-29(30)31)12-9-19-34-23(3)27-15-8-11-24-10-4-5-13-28(24)27;/h4-8,10-11,13-18,23,25,30,34H,9,12,19-20H2,1-3H3,(H,35,36);1H/t23-,25-,30-;/m1./s1. The van der Waals surface area contributed by atoms with E-state index in [-0.39, 0.29) is 30.5 Å². The molecular formula is C33H36ClNO3. The van der Waals surface area contributed by atoms with Crippen LogP contribution in [0.2, 0.25) is 0 Å². The number of para-hydroxylation sites is 1. The van der Waals surface area contributed by atoms with Crippen LogP contribution in [-0.2, 0) is 0 Å². The number of ether oxygens (including phenoxy) is 1. The molecule has 198 valence electrons. The van der Waals surface area contributed by atoms with E-state index < -0.39 is 5.97 Å². The molecule has 1 heterocycles. The lowest BCUT2D eigenvalue weighted by Gasteiger charge is -2.34. The van der Waals surface area contributed by atoms with Crippen molar-refractivity contribution in [1.29, 1.82) is 0 Å². The van der Waals surface area contributed by atoms with Crippen LogP contribution in [0.15, 0.2) is 78.9 Å². The Labute approximate surface area is 231 Å². The second-order valence-electron chi connectivity index (χ2n) is 10.2. The van der Waals surface area contributed by atoms with E-state index in [1.807, 2.05) is 38.1 Å². The number of carbonyl (C=O) groups is 1. The van der Waals surface area contributed by atoms with Crippen LogP contribution in [-0.4, -0.2) is 23.7 Å². The van der Waals surface area contributed by atoms with Gasteiger partial charge < -0.3 is 15.2 Å². The zero-order valence-corrected chi connectivity index (χ0v) is 23.1. The fraction of sp³-hybridized carbons (Fsp3) is 0.303. The van der Waals surface area contributed by atoms with E-state index in [1.165, 1.54) is 16.3 Å². The van der Waals surface area contributed by atoms with E-state index >= 15 is 0 Å². The number of aryl methyl sites for hydroxylation is 1. The highest BCUT2D eigenvalue weighted by Gasteiger charge is 2.31. The molecule has 0 aliphatic carbocycles. The fourth-order valence-corrected chi connectivity index (χ4v) is 5.92. The first-order chi connectivity index (χ1) is 17.9. The van der Waals surface area contributed by atoms with Crippen LogP contribution < -0.4 is 10.1 Å². The van der Waals surface area contributed by atoms with Crippen molar-refractivity contribution in [2.24, 2.45) is 0 Å². The topological polar surface area (TPSA) is 58.6 Å². The molecule has 1 aliphatic rings. The minimum absolute atomic E-state index is 0. The summed E-state index contributed by atoms with van der Waals surface area (Å²) in [7, 11) is 0. The van der Waals surface area contributed by atoms with Gasteiger partial charge in [-0.25, -0.2) is 4.79 Å². The van der Waals surface area contributed by atoms with E-state index in [0.29, 0.717) is 5.56 Å². The highest BCUT2D eigenvalue weighted by molar-refractivity contribution is 5.91. The number of carboxylic acids is 1. The molecule has 4 aromatic carbocycles. The quantitative estimate of drug-likeness (QED) is 0.227. The van der Waals surface area contributed by atoms with Gasteiger partial charge in [-0.3, -0.25) is 0 Å². The van der Waals surface area contributed by atoms with Crippen molar-refractivity contribution in [2.45, 2.75) is 58.1 Å². The fourth-order valence-electron chi connectivity index (χ4n) is 5.92. The van der Waals surface area contributed by atoms with Gasteiger partial charge in [0, 0.05) is 17.5 Å². The lowest BCUT2D eigenvalue weighted by molar-refractivity contribution is 0.0695. The van der Waals surface area contributed by atoms with Crippen molar-refractivity contribution in [2.75, 3.05) is 6.54 Å². The molecule has 4 nitrogen and oxygen atoms in total. The average Bonchev–Trinajstić information content (AvgIpc) is 2.90. The van der Waals surface area contributed by atoms with Crippen molar-refractivity contribution in [3.05, 3.63) is 112 Å². The maximum absolute atomic E-state index is 12.0. The highest BCUT2D eigenvalue weighted by Crippen LogP contribution is 2.43. The number of hydrogen-bond donors (Lipinski definition) is 2. The number of aromatic carboxylic acids is 1. The Kier molecular flexibility index (Phi) is 8.76. The SMILES string of the molecule is Cc1ccc([C@H]2C[C@@H](CCCN[C@H](C)c3cccc4ccccc34)Oc3ccccc32)c(C)c1C(=O)O.Cl. The normalized spacial score (nSPS) is 17.2. The van der Waals surface area contributed by atoms with Crippen molar-refractivity contribution in [3.8, 4) is 5.75 Å². The first-order valence-electron chi connectivity index (χ1n) is 13.2. The predicted octanol–water partition coefficient (Wildman–Crippen LogP) is 7.99. The molecule has 5 rings (SSSR count). The molecule has 38 heavy (non-hydrogen) atoms. The Morgan fingerprint density at radius 3 is 2.53 bits per heavy atom. The summed E-state index contributed by atoms with van der Waals surface area (Å²) in [5.41, 5.74) is 5.64. The van der Waals surface area contributed by atoms with Gasteiger partial charge in [-0.2, -0.15) is 0 Å². The number of hydrogen-bond acceptors (Lipinski definition) is 3. The van der Waals surface area contributed by atoms with Crippen LogP contribution >= 0.6 is 12.4 Å². The van der Waals surface area contributed by atoms with Crippen LogP contribution in [0.25, 0.3) is 10.8 Å². The van der Waals surface area contributed by atoms with Gasteiger partial charge in [-0.05, 0) is 85.7 Å². The molecule has 0 spiro atoms. The molecule has 1 aliphatic heterocycles. The molecule has 0 bridgehead atoms. The lowest BCUT2D eigenvalue weighted by Crippen LogP contribution is -2.28. The molecule has 0 aromatic heterocycles. The molecule has 0 fully saturated rings. The number of fused-ring (bicyclic) bond motifs is 2. The van der Waals surface area contributed by atoms with Crippen LogP contribution in [0.1, 0.15) is 76.3 Å². The number of rotatable bonds is 8. The molecule has 4 aromatic rings. The highest BCUT2D eigenvalue weighted by atomic mass is 35.5. The maximum atomic E-state index is 12.0. The summed E-state index contributed by atoms with van der Waals surface area (Å²) < 4.78 is 6.43. The van der Waals surface area contributed by atoms with Gasteiger partial charge in [0.2, 0.25) is 0 Å². The average molecular weight is 530 g/mol. The molecule has 2 N–H and O–H groups in total. The van der Waals surface area contributed by atoms with Gasteiger partial charge in [0.05, 0.1) is 11.7 Å². The zero-order chi connectivity index (χ0) is 25.9. The van der Waals surface area contributed by atoms with Crippen molar-refractivity contribution in [1.82, 2.24) is 5.32 Å². The van der Waals surface area contributed by atoms with E-state index in [0.717, 1.165) is 53.8 Å². The Morgan fingerprint density at radius 1 is 0.974 bits per heavy atom. The molecule has 5 heteroatoms. The molecule has 3 atom stereocenters. The van der Waals surface area contributed by atoms with Gasteiger partial charge in [0.1, 0.15) is 5.75 Å². The molecule has 0 amide bonds. The molecule has 0 saturated heterocycles. The van der Waals surface area contributed by atoms with E-state index in [1.54, 1.807) is 0 Å². The number of nitrogens with one attached hydrogen (secondary N) is 1. The predicted molar refractivity (Wildman–Crippen MR) is 157 cm³/mol. The Bertz CT molecular complexity index is 1430. The van der Waals surface area contributed by atoms with E-state index in [2.05, 4.69) is 66.8 Å². The first-order valence-corrected chi connectivity index (χ1v) is 13.2. The van der Waals surface area contributed by atoms with Crippen molar-refractivity contribution in [3.63, 3.8) is 0 Å². The number of halogens is 1. The number of carboxylic acid groups (broad SMARTS) is 1. The minimum atomic E-state index is -0.861. The summed E-state index contributed by atoms with van der Waals surface area (Å²) in [6.45, 7) is 6.94. The smallest absolute Gasteiger partial charge is 0.336 e. The maximum Gasteiger partial charge on any atom is 0.336 e. The van der Waals surface area contributed by atoms with Crippen LogP contribution in [0.4, 0.5) is 0 Å². The van der Waals surface area contributed by atoms with Gasteiger partial charge in [0.25, 0.3) is 0 Å². The monoisotopic (exact) mass is 529 g/mol. The third-order valence-electron chi connectivity index (χ3n) is 7.83. The summed E-state index contributed by atoms with van der Waals surface area (Å²) in [5.74, 6) is 0.175. The lowest BCUT2D eigenvalue weighted by atomic mass is 9.80. The van der Waals surface area contributed by atoms with Gasteiger partial charge in [-0.15, -0.1) is 12.4 Å². The summed E-state index contributed by atoms with van der Waals surface area (Å²) >= 11 is 0. The van der Waals surface area contributed by atoms with Crippen LogP contribution in [0.5, 0.6) is 5.75 Å². The van der Waals surface area contributed by atoms with Crippen LogP contribution in [0.3, 0.4) is 0 Å². The third kappa shape index (κ3) is 5.57. The van der Waals surface area contributed by atoms with Crippen molar-refractivity contribution < 1.29 is 14.6 Å². The van der Waals surface area contributed by atoms with Gasteiger partial charge >= 0.3 is 5.97 Å². The third-order valence-corrected chi connectivity index (χ3v) is 7.83. The summed E-state index contributed by atoms with van der Waals surface area (Å²) in [4.78, 5) is 12.0. The van der Waals surface area contributed by atoms with Crippen LogP contribution in [0, 0.1) is 13.8 Å². The van der Waals surface area contributed by atoms with E-state index in [4.69, 9.17) is 4.74 Å². The Balaban J connectivity index is 0.00000336. The van der Waals surface area contributed by atoms with Gasteiger partial charge in [-0.1, -0.05) is 72.8 Å². The molecule has 0 unspecified atom stereocenters. The van der Waals surface area contributed by atoms with E-state index in [9.17, 15) is 9.90 Å². The first kappa shape index (κ1) is 27.7. The van der Waals surface area contributed by atoms with Gasteiger partial charge in [0.15, 0.2) is 0 Å². The zero-order valence-electron chi connectivity index (χ0n) is 22.2. The Morgan fingerprint density at radius 2 is 1.71 bits per heavy atom. The van der Waals surface area contributed by atoms with Crippen molar-refractivity contribution >= 4 is 29.1 Å². The summed E-state index contributed by atoms with van der Waals surface area (Å²) in [6.07, 6.45) is 2.88. The molecule has 0 saturated carbocycles. The summed E-state index contributed by atoms with van der Waals surface area (Å²) in [6, 6.07) is 27.6. The summed E-state index contributed by atoms with van der Waals surface area (Å²) in [5, 5.41) is 16.1. The molecular weight excluding hydrogens is 494 g/mol.